The number of nitrogens with one attached hydrogen (secondary N) is 1. The lowest BCUT2D eigenvalue weighted by atomic mass is 10.1. The molecule has 0 amide bonds. The highest BCUT2D eigenvalue weighted by Crippen LogP contribution is 2.29. The molecular weight excluding hydrogens is 263 g/mol. The Morgan fingerprint density at radius 3 is 2.56 bits per heavy atom. The summed E-state index contributed by atoms with van der Waals surface area (Å²) < 4.78 is 37.5. The van der Waals surface area contributed by atoms with Crippen LogP contribution in [-0.4, -0.2) is 26.4 Å². The first-order valence-corrected chi connectivity index (χ1v) is 6.61. The third kappa shape index (κ3) is 6.90. The van der Waals surface area contributed by atoms with Crippen LogP contribution in [0.15, 0.2) is 12.5 Å². The van der Waals surface area contributed by atoms with Crippen molar-refractivity contribution in [2.75, 3.05) is 5.75 Å². The van der Waals surface area contributed by atoms with E-state index in [9.17, 15) is 13.2 Å². The molecule has 7 heteroatoms. The Bertz CT molecular complexity index is 368. The van der Waals surface area contributed by atoms with Crippen LogP contribution in [-0.2, 0) is 13.1 Å². The van der Waals surface area contributed by atoms with E-state index in [1.807, 2.05) is 20.8 Å². The van der Waals surface area contributed by atoms with Crippen molar-refractivity contribution in [3.05, 3.63) is 18.2 Å². The van der Waals surface area contributed by atoms with Crippen LogP contribution in [0.3, 0.4) is 0 Å². The molecule has 0 spiro atoms. The number of rotatable bonds is 5. The van der Waals surface area contributed by atoms with Gasteiger partial charge in [0.2, 0.25) is 0 Å². The molecule has 104 valence electrons. The lowest BCUT2D eigenvalue weighted by Gasteiger charge is -2.19. The first-order chi connectivity index (χ1) is 8.16. The monoisotopic (exact) mass is 281 g/mol. The molecule has 0 aliphatic carbocycles. The number of thioether (sulfide) groups is 1. The average molecular weight is 281 g/mol. The molecule has 0 bridgehead atoms. The Kier molecular flexibility index (Phi) is 5.10. The summed E-state index contributed by atoms with van der Waals surface area (Å²) in [5.74, 6) is 0.00595. The molecule has 1 aromatic rings. The van der Waals surface area contributed by atoms with Gasteiger partial charge in [0.15, 0.2) is 0 Å². The van der Waals surface area contributed by atoms with E-state index in [0.29, 0.717) is 13.1 Å². The van der Waals surface area contributed by atoms with Crippen molar-refractivity contribution in [1.29, 1.82) is 0 Å². The zero-order chi connectivity index (χ0) is 13.8. The minimum Gasteiger partial charge on any atom is -0.336 e. The molecule has 1 heterocycles. The van der Waals surface area contributed by atoms with Crippen LogP contribution in [0, 0.1) is 0 Å². The van der Waals surface area contributed by atoms with E-state index in [1.54, 1.807) is 17.1 Å². The summed E-state index contributed by atoms with van der Waals surface area (Å²) in [5.41, 5.74) is -3.32. The number of hydrogen-bond donors (Lipinski definition) is 1. The van der Waals surface area contributed by atoms with Gasteiger partial charge in [0.05, 0.1) is 12.0 Å². The molecule has 1 N–H and O–H groups in total. The lowest BCUT2D eigenvalue weighted by Crippen LogP contribution is -2.35. The van der Waals surface area contributed by atoms with E-state index in [4.69, 9.17) is 0 Å². The maximum atomic E-state index is 11.9. The molecule has 1 rings (SSSR count). The lowest BCUT2D eigenvalue weighted by molar-refractivity contribution is -0.0328. The predicted molar refractivity (Wildman–Crippen MR) is 67.3 cm³/mol. The standard InChI is InChI=1S/C11H18F3N3S/c1-10(2,3)16-6-9-7-17(8-15-9)4-5-18-11(12,13)14/h7-8,16H,4-6H2,1-3H3. The Morgan fingerprint density at radius 2 is 2.00 bits per heavy atom. The molecule has 0 radical (unpaired) electrons. The van der Waals surface area contributed by atoms with Crippen molar-refractivity contribution in [2.24, 2.45) is 0 Å². The molecule has 0 aromatic carbocycles. The molecule has 0 fully saturated rings. The van der Waals surface area contributed by atoms with Crippen molar-refractivity contribution in [3.8, 4) is 0 Å². The summed E-state index contributed by atoms with van der Waals surface area (Å²) in [6, 6.07) is 0. The van der Waals surface area contributed by atoms with Crippen LogP contribution in [0.2, 0.25) is 0 Å². The maximum Gasteiger partial charge on any atom is 0.441 e. The zero-order valence-corrected chi connectivity index (χ0v) is 11.5. The van der Waals surface area contributed by atoms with Crippen LogP contribution in [0.25, 0.3) is 0 Å². The van der Waals surface area contributed by atoms with Crippen molar-refractivity contribution >= 4 is 11.8 Å². The van der Waals surface area contributed by atoms with Gasteiger partial charge in [-0.1, -0.05) is 0 Å². The van der Waals surface area contributed by atoms with Gasteiger partial charge in [-0.15, -0.1) is 0 Å². The molecule has 0 saturated carbocycles. The highest BCUT2D eigenvalue weighted by molar-refractivity contribution is 8.00. The number of aromatic nitrogens is 2. The highest BCUT2D eigenvalue weighted by Gasteiger charge is 2.27. The maximum absolute atomic E-state index is 11.9. The van der Waals surface area contributed by atoms with Gasteiger partial charge in [-0.05, 0) is 32.5 Å². The molecule has 0 atom stereocenters. The van der Waals surface area contributed by atoms with Crippen LogP contribution >= 0.6 is 11.8 Å². The number of halogens is 3. The Labute approximate surface area is 109 Å². The number of aryl methyl sites for hydroxylation is 1. The van der Waals surface area contributed by atoms with E-state index in [2.05, 4.69) is 10.3 Å². The third-order valence-electron chi connectivity index (χ3n) is 2.10. The summed E-state index contributed by atoms with van der Waals surface area (Å²) >= 11 is -0.00896. The fourth-order valence-electron chi connectivity index (χ4n) is 1.24. The fraction of sp³-hybridized carbons (Fsp3) is 0.727. The highest BCUT2D eigenvalue weighted by atomic mass is 32.2. The van der Waals surface area contributed by atoms with Crippen molar-refractivity contribution in [1.82, 2.24) is 14.9 Å². The molecule has 18 heavy (non-hydrogen) atoms. The van der Waals surface area contributed by atoms with Gasteiger partial charge < -0.3 is 9.88 Å². The smallest absolute Gasteiger partial charge is 0.336 e. The van der Waals surface area contributed by atoms with E-state index in [-0.39, 0.29) is 23.1 Å². The normalized spacial score (nSPS) is 13.0. The molecule has 1 aromatic heterocycles. The van der Waals surface area contributed by atoms with E-state index < -0.39 is 5.51 Å². The molecular formula is C11H18F3N3S. The van der Waals surface area contributed by atoms with E-state index in [0.717, 1.165) is 5.69 Å². The minimum atomic E-state index is -4.16. The SMILES string of the molecule is CC(C)(C)NCc1cn(CCSC(F)(F)F)cn1. The van der Waals surface area contributed by atoms with Crippen molar-refractivity contribution < 1.29 is 13.2 Å². The fourth-order valence-corrected chi connectivity index (χ4v) is 1.78. The second-order valence-corrected chi connectivity index (χ2v) is 6.16. The number of alkyl halides is 3. The van der Waals surface area contributed by atoms with Gasteiger partial charge in [0, 0.05) is 30.6 Å². The molecule has 0 aliphatic rings. The molecule has 0 unspecified atom stereocenters. The quantitative estimate of drug-likeness (QED) is 0.899. The summed E-state index contributed by atoms with van der Waals surface area (Å²) in [6.07, 6.45) is 3.34. The van der Waals surface area contributed by atoms with E-state index >= 15 is 0 Å². The van der Waals surface area contributed by atoms with Gasteiger partial charge in [-0.2, -0.15) is 13.2 Å². The summed E-state index contributed by atoms with van der Waals surface area (Å²) in [6.45, 7) is 7.06. The van der Waals surface area contributed by atoms with Gasteiger partial charge in [0.25, 0.3) is 0 Å². The first-order valence-electron chi connectivity index (χ1n) is 5.62. The second-order valence-electron chi connectivity index (χ2n) is 5.00. The molecule has 3 nitrogen and oxygen atoms in total. The average Bonchev–Trinajstić information content (AvgIpc) is 2.60. The number of hydrogen-bond acceptors (Lipinski definition) is 3. The van der Waals surface area contributed by atoms with Crippen molar-refractivity contribution in [3.63, 3.8) is 0 Å². The van der Waals surface area contributed by atoms with Gasteiger partial charge in [0.1, 0.15) is 0 Å². The van der Waals surface area contributed by atoms with E-state index in [1.165, 1.54) is 0 Å². The van der Waals surface area contributed by atoms with Gasteiger partial charge >= 0.3 is 5.51 Å². The van der Waals surface area contributed by atoms with Gasteiger partial charge in [-0.3, -0.25) is 0 Å². The van der Waals surface area contributed by atoms with Crippen LogP contribution in [0.4, 0.5) is 13.2 Å². The summed E-state index contributed by atoms with van der Waals surface area (Å²) in [7, 11) is 0. The van der Waals surface area contributed by atoms with Crippen LogP contribution in [0.5, 0.6) is 0 Å². The Morgan fingerprint density at radius 1 is 1.33 bits per heavy atom. The Hall–Kier alpha value is -0.690. The summed E-state index contributed by atoms with van der Waals surface area (Å²) in [5, 5.41) is 3.27. The zero-order valence-electron chi connectivity index (χ0n) is 10.7. The minimum absolute atomic E-state index is 0.00405. The molecule has 0 saturated heterocycles. The largest absolute Gasteiger partial charge is 0.441 e. The number of imidazole rings is 1. The second kappa shape index (κ2) is 5.97. The van der Waals surface area contributed by atoms with Crippen LogP contribution < -0.4 is 5.32 Å². The van der Waals surface area contributed by atoms with Gasteiger partial charge in [-0.25, -0.2) is 4.98 Å². The molecule has 0 aliphatic heterocycles. The topological polar surface area (TPSA) is 29.9 Å². The van der Waals surface area contributed by atoms with Crippen molar-refractivity contribution in [2.45, 2.75) is 44.9 Å². The Balaban J connectivity index is 2.35. The summed E-state index contributed by atoms with van der Waals surface area (Å²) in [4.78, 5) is 4.14. The first kappa shape index (κ1) is 15.4. The van der Waals surface area contributed by atoms with Crippen LogP contribution in [0.1, 0.15) is 26.5 Å². The third-order valence-corrected chi connectivity index (χ3v) is 2.82. The predicted octanol–water partition coefficient (Wildman–Crippen LogP) is 3.02. The number of nitrogens with zero attached hydrogens (tertiary/aromatic N) is 2.